The molecule has 4 aromatic rings. The topological polar surface area (TPSA) is 24.1 Å². The third kappa shape index (κ3) is 5.66. The second kappa shape index (κ2) is 10.5. The zero-order valence-corrected chi connectivity index (χ0v) is 17.2. The normalized spacial score (nSPS) is 10.8. The van der Waals surface area contributed by atoms with E-state index in [9.17, 15) is 0 Å². The average Bonchev–Trinajstić information content (AvgIpc) is 2.83. The molecule has 0 atom stereocenters. The minimum atomic E-state index is 0.891. The van der Waals surface area contributed by atoms with E-state index in [1.165, 1.54) is 33.4 Å². The van der Waals surface area contributed by atoms with E-state index in [2.05, 4.69) is 120 Å². The van der Waals surface area contributed by atoms with Gasteiger partial charge in [0.15, 0.2) is 0 Å². The maximum absolute atomic E-state index is 3.52. The van der Waals surface area contributed by atoms with Gasteiger partial charge >= 0.3 is 0 Å². The molecule has 0 aromatic heterocycles. The van der Waals surface area contributed by atoms with E-state index >= 15 is 0 Å². The van der Waals surface area contributed by atoms with Gasteiger partial charge in [-0.1, -0.05) is 109 Å². The number of nitrogens with one attached hydrogen (secondary N) is 2. The van der Waals surface area contributed by atoms with Crippen LogP contribution < -0.4 is 10.6 Å². The minimum Gasteiger partial charge on any atom is -0.311 e. The van der Waals surface area contributed by atoms with Crippen LogP contribution in [0.1, 0.15) is 11.1 Å². The fourth-order valence-corrected chi connectivity index (χ4v) is 3.53. The summed E-state index contributed by atoms with van der Waals surface area (Å²) in [6.45, 7) is 3.68. The lowest BCUT2D eigenvalue weighted by atomic mass is 10.0. The molecule has 0 saturated carbocycles. The molecule has 0 fully saturated rings. The Hall–Kier alpha value is -3.20. The molecule has 0 amide bonds. The first-order valence-corrected chi connectivity index (χ1v) is 10.6. The van der Waals surface area contributed by atoms with Gasteiger partial charge in [-0.15, -0.1) is 0 Å². The molecule has 0 aliphatic carbocycles. The number of hydrogen-bond acceptors (Lipinski definition) is 2. The summed E-state index contributed by atoms with van der Waals surface area (Å²) in [4.78, 5) is 0. The van der Waals surface area contributed by atoms with Crippen LogP contribution in [0, 0.1) is 0 Å². The predicted molar refractivity (Wildman–Crippen MR) is 127 cm³/mol. The monoisotopic (exact) mass is 392 g/mol. The smallest absolute Gasteiger partial charge is 0.0206 e. The van der Waals surface area contributed by atoms with Gasteiger partial charge in [-0.3, -0.25) is 0 Å². The van der Waals surface area contributed by atoms with Crippen molar-refractivity contribution in [1.29, 1.82) is 0 Å². The molecular formula is C28H28N2. The summed E-state index contributed by atoms with van der Waals surface area (Å²) in [5.41, 5.74) is 7.67. The third-order valence-electron chi connectivity index (χ3n) is 5.26. The van der Waals surface area contributed by atoms with E-state index < -0.39 is 0 Å². The summed E-state index contributed by atoms with van der Waals surface area (Å²) in [5, 5.41) is 7.03. The first-order chi connectivity index (χ1) is 14.9. The molecule has 0 radical (unpaired) electrons. The van der Waals surface area contributed by atoms with Gasteiger partial charge in [-0.05, 0) is 33.4 Å². The van der Waals surface area contributed by atoms with Crippen LogP contribution >= 0.6 is 0 Å². The summed E-state index contributed by atoms with van der Waals surface area (Å²) in [6, 6.07) is 38.6. The van der Waals surface area contributed by atoms with Gasteiger partial charge in [0.05, 0.1) is 0 Å². The van der Waals surface area contributed by atoms with Crippen molar-refractivity contribution in [2.75, 3.05) is 13.1 Å². The fourth-order valence-electron chi connectivity index (χ4n) is 3.53. The molecule has 2 heteroatoms. The van der Waals surface area contributed by atoms with Crippen LogP contribution in [0.2, 0.25) is 0 Å². The van der Waals surface area contributed by atoms with Crippen LogP contribution in [0.15, 0.2) is 109 Å². The molecule has 0 unspecified atom stereocenters. The van der Waals surface area contributed by atoms with Crippen LogP contribution in [-0.2, 0) is 13.1 Å². The Morgan fingerprint density at radius 1 is 0.367 bits per heavy atom. The van der Waals surface area contributed by atoms with E-state index in [0.717, 1.165) is 26.2 Å². The highest BCUT2D eigenvalue weighted by atomic mass is 14.9. The van der Waals surface area contributed by atoms with Gasteiger partial charge in [0, 0.05) is 26.2 Å². The van der Waals surface area contributed by atoms with Gasteiger partial charge in [-0.25, -0.2) is 0 Å². The molecule has 2 nitrogen and oxygen atoms in total. The van der Waals surface area contributed by atoms with Crippen LogP contribution in [0.4, 0.5) is 0 Å². The van der Waals surface area contributed by atoms with Gasteiger partial charge in [0.25, 0.3) is 0 Å². The quantitative estimate of drug-likeness (QED) is 0.347. The first-order valence-electron chi connectivity index (χ1n) is 10.6. The first kappa shape index (κ1) is 20.1. The molecule has 4 rings (SSSR count). The lowest BCUT2D eigenvalue weighted by Crippen LogP contribution is -2.26. The van der Waals surface area contributed by atoms with Crippen molar-refractivity contribution in [3.63, 3.8) is 0 Å². The Labute approximate surface area is 179 Å². The highest BCUT2D eigenvalue weighted by Gasteiger charge is 1.99. The Morgan fingerprint density at radius 2 is 0.700 bits per heavy atom. The number of hydrogen-bond donors (Lipinski definition) is 2. The second-order valence-corrected chi connectivity index (χ2v) is 7.48. The van der Waals surface area contributed by atoms with E-state index in [0.29, 0.717) is 0 Å². The highest BCUT2D eigenvalue weighted by Crippen LogP contribution is 2.20. The van der Waals surface area contributed by atoms with Crippen molar-refractivity contribution in [3.05, 3.63) is 120 Å². The van der Waals surface area contributed by atoms with Crippen molar-refractivity contribution < 1.29 is 0 Å². The van der Waals surface area contributed by atoms with Crippen LogP contribution in [0.5, 0.6) is 0 Å². The lowest BCUT2D eigenvalue weighted by Gasteiger charge is -2.09. The minimum absolute atomic E-state index is 0.891. The molecule has 0 bridgehead atoms. The maximum Gasteiger partial charge on any atom is 0.0206 e. The van der Waals surface area contributed by atoms with Gasteiger partial charge in [0.2, 0.25) is 0 Å². The van der Waals surface area contributed by atoms with Gasteiger partial charge in [-0.2, -0.15) is 0 Å². The zero-order chi connectivity index (χ0) is 20.4. The van der Waals surface area contributed by atoms with E-state index in [1.807, 2.05) is 0 Å². The molecule has 0 saturated heterocycles. The van der Waals surface area contributed by atoms with Crippen LogP contribution in [0.25, 0.3) is 22.3 Å². The SMILES string of the molecule is c1ccc(-c2ccc(CNCCNCc3ccc(-c4ccccc4)cc3)cc2)cc1. The fraction of sp³-hybridized carbons (Fsp3) is 0.143. The molecule has 0 heterocycles. The van der Waals surface area contributed by atoms with Crippen molar-refractivity contribution in [2.24, 2.45) is 0 Å². The standard InChI is InChI=1S/C28H28N2/c1-3-7-25(8-4-1)27-15-11-23(12-16-27)21-29-19-20-30-22-24-13-17-28(18-14-24)26-9-5-2-6-10-26/h1-18,29-30H,19-22H2. The summed E-state index contributed by atoms with van der Waals surface area (Å²) in [7, 11) is 0. The van der Waals surface area contributed by atoms with Crippen molar-refractivity contribution in [3.8, 4) is 22.3 Å². The molecular weight excluding hydrogens is 364 g/mol. The maximum atomic E-state index is 3.52. The van der Waals surface area contributed by atoms with Crippen molar-refractivity contribution in [2.45, 2.75) is 13.1 Å². The average molecular weight is 393 g/mol. The molecule has 0 spiro atoms. The number of benzene rings is 4. The Balaban J connectivity index is 1.15. The molecule has 4 aromatic carbocycles. The highest BCUT2D eigenvalue weighted by molar-refractivity contribution is 5.64. The van der Waals surface area contributed by atoms with Gasteiger partial charge < -0.3 is 10.6 Å². The molecule has 30 heavy (non-hydrogen) atoms. The lowest BCUT2D eigenvalue weighted by molar-refractivity contribution is 0.611. The van der Waals surface area contributed by atoms with Crippen molar-refractivity contribution in [1.82, 2.24) is 10.6 Å². The molecule has 0 aliphatic rings. The van der Waals surface area contributed by atoms with E-state index in [4.69, 9.17) is 0 Å². The Kier molecular flexibility index (Phi) is 7.06. The largest absolute Gasteiger partial charge is 0.311 e. The summed E-state index contributed by atoms with van der Waals surface area (Å²) < 4.78 is 0. The molecule has 150 valence electrons. The van der Waals surface area contributed by atoms with E-state index in [-0.39, 0.29) is 0 Å². The molecule has 0 aliphatic heterocycles. The Bertz CT molecular complexity index is 921. The summed E-state index contributed by atoms with van der Waals surface area (Å²) in [6.07, 6.45) is 0. The van der Waals surface area contributed by atoms with Crippen LogP contribution in [-0.4, -0.2) is 13.1 Å². The third-order valence-corrected chi connectivity index (χ3v) is 5.26. The van der Waals surface area contributed by atoms with Crippen LogP contribution in [0.3, 0.4) is 0 Å². The predicted octanol–water partition coefficient (Wildman–Crippen LogP) is 5.90. The summed E-state index contributed by atoms with van der Waals surface area (Å²) in [5.74, 6) is 0. The summed E-state index contributed by atoms with van der Waals surface area (Å²) >= 11 is 0. The molecule has 2 N–H and O–H groups in total. The zero-order valence-electron chi connectivity index (χ0n) is 17.2. The van der Waals surface area contributed by atoms with Gasteiger partial charge in [0.1, 0.15) is 0 Å². The number of rotatable bonds is 9. The van der Waals surface area contributed by atoms with Crippen molar-refractivity contribution >= 4 is 0 Å². The second-order valence-electron chi connectivity index (χ2n) is 7.48. The van der Waals surface area contributed by atoms with E-state index in [1.54, 1.807) is 0 Å². The Morgan fingerprint density at radius 3 is 1.07 bits per heavy atom.